The monoisotopic (exact) mass is 242 g/mol. The molecule has 0 aromatic heterocycles. The molecule has 0 aliphatic carbocycles. The van der Waals surface area contributed by atoms with Crippen LogP contribution in [0.5, 0.6) is 0 Å². The molecule has 0 rings (SSSR count). The van der Waals surface area contributed by atoms with Crippen LogP contribution < -0.4 is 0 Å². The van der Waals surface area contributed by atoms with E-state index in [9.17, 15) is 0 Å². The standard InChI is InChI=1S/C3H5BBr2O2/c5-2-3(6)1-4(7)8/h1,7-8H,2H2/b3-1-. The van der Waals surface area contributed by atoms with Crippen LogP contribution in [-0.2, 0) is 0 Å². The lowest BCUT2D eigenvalue weighted by atomic mass is 9.92. The van der Waals surface area contributed by atoms with Crippen LogP contribution in [0, 0.1) is 0 Å². The van der Waals surface area contributed by atoms with Crippen molar-refractivity contribution in [2.45, 2.75) is 0 Å². The van der Waals surface area contributed by atoms with E-state index in [4.69, 9.17) is 10.0 Å². The fourth-order valence-electron chi connectivity index (χ4n) is 0.206. The lowest BCUT2D eigenvalue weighted by Gasteiger charge is -1.88. The topological polar surface area (TPSA) is 40.5 Å². The van der Waals surface area contributed by atoms with Gasteiger partial charge >= 0.3 is 7.12 Å². The Bertz CT molecular complexity index is 93.3. The Hall–Kier alpha value is 0.685. The highest BCUT2D eigenvalue weighted by atomic mass is 79.9. The Morgan fingerprint density at radius 3 is 2.25 bits per heavy atom. The van der Waals surface area contributed by atoms with Crippen LogP contribution in [0.4, 0.5) is 0 Å². The largest absolute Gasteiger partial charge is 0.481 e. The zero-order chi connectivity index (χ0) is 6.57. The van der Waals surface area contributed by atoms with Crippen LogP contribution in [0.2, 0.25) is 0 Å². The van der Waals surface area contributed by atoms with E-state index in [0.717, 1.165) is 4.48 Å². The van der Waals surface area contributed by atoms with Gasteiger partial charge in [0.15, 0.2) is 0 Å². The Morgan fingerprint density at radius 1 is 1.62 bits per heavy atom. The minimum absolute atomic E-state index is 0.602. The van der Waals surface area contributed by atoms with Gasteiger partial charge in [0, 0.05) is 5.33 Å². The van der Waals surface area contributed by atoms with Gasteiger partial charge in [-0.15, -0.1) is 0 Å². The van der Waals surface area contributed by atoms with E-state index >= 15 is 0 Å². The molecule has 0 aromatic rings. The molecular weight excluding hydrogens is 239 g/mol. The Balaban J connectivity index is 3.56. The lowest BCUT2D eigenvalue weighted by Crippen LogP contribution is -2.06. The van der Waals surface area contributed by atoms with E-state index in [-0.39, 0.29) is 0 Å². The van der Waals surface area contributed by atoms with E-state index in [1.165, 1.54) is 5.98 Å². The zero-order valence-electron chi connectivity index (χ0n) is 4.01. The van der Waals surface area contributed by atoms with E-state index in [1.807, 2.05) is 0 Å². The zero-order valence-corrected chi connectivity index (χ0v) is 7.18. The van der Waals surface area contributed by atoms with Crippen molar-refractivity contribution in [3.8, 4) is 0 Å². The van der Waals surface area contributed by atoms with E-state index in [0.29, 0.717) is 5.33 Å². The average molecular weight is 244 g/mol. The minimum atomic E-state index is -1.36. The van der Waals surface area contributed by atoms with Crippen molar-refractivity contribution in [3.05, 3.63) is 10.5 Å². The van der Waals surface area contributed by atoms with Gasteiger partial charge in [-0.3, -0.25) is 0 Å². The fraction of sp³-hybridized carbons (Fsp3) is 0.333. The molecule has 0 aromatic carbocycles. The van der Waals surface area contributed by atoms with Crippen molar-refractivity contribution in [2.75, 3.05) is 5.33 Å². The van der Waals surface area contributed by atoms with Crippen molar-refractivity contribution in [2.24, 2.45) is 0 Å². The molecule has 0 heterocycles. The van der Waals surface area contributed by atoms with Gasteiger partial charge in [-0.25, -0.2) is 0 Å². The molecule has 0 fully saturated rings. The summed E-state index contributed by atoms with van der Waals surface area (Å²) in [6, 6.07) is 0. The first kappa shape index (κ1) is 8.68. The van der Waals surface area contributed by atoms with Crippen LogP contribution in [0.1, 0.15) is 0 Å². The van der Waals surface area contributed by atoms with E-state index in [1.54, 1.807) is 0 Å². The molecule has 0 spiro atoms. The van der Waals surface area contributed by atoms with Crippen LogP contribution in [0.3, 0.4) is 0 Å². The fourth-order valence-corrected chi connectivity index (χ4v) is 0.630. The van der Waals surface area contributed by atoms with Gasteiger partial charge in [0.05, 0.1) is 0 Å². The molecule has 0 unspecified atom stereocenters. The number of hydrogen-bond donors (Lipinski definition) is 2. The molecule has 0 bridgehead atoms. The van der Waals surface area contributed by atoms with Crippen LogP contribution in [0.15, 0.2) is 10.5 Å². The SMILES string of the molecule is OB(O)/C=C(\Br)CBr. The van der Waals surface area contributed by atoms with E-state index in [2.05, 4.69) is 31.9 Å². The second-order valence-electron chi connectivity index (χ2n) is 1.16. The summed E-state index contributed by atoms with van der Waals surface area (Å²) in [6.07, 6.45) is 0. The number of hydrogen-bond acceptors (Lipinski definition) is 2. The highest BCUT2D eigenvalue weighted by Gasteiger charge is 2.00. The van der Waals surface area contributed by atoms with Gasteiger partial charge in [-0.05, 0) is 10.5 Å². The maximum atomic E-state index is 8.28. The Labute approximate surface area is 65.0 Å². The number of halogens is 2. The van der Waals surface area contributed by atoms with Crippen molar-refractivity contribution in [1.82, 2.24) is 0 Å². The summed E-state index contributed by atoms with van der Waals surface area (Å²) in [6.45, 7) is 0. The van der Waals surface area contributed by atoms with Gasteiger partial charge < -0.3 is 10.0 Å². The molecule has 0 atom stereocenters. The first-order valence-electron chi connectivity index (χ1n) is 1.95. The normalized spacial score (nSPS) is 11.8. The Morgan fingerprint density at radius 2 is 2.12 bits per heavy atom. The second-order valence-corrected chi connectivity index (χ2v) is 2.74. The smallest absolute Gasteiger partial charge is 0.424 e. The van der Waals surface area contributed by atoms with Gasteiger partial charge in [-0.2, -0.15) is 0 Å². The van der Waals surface area contributed by atoms with Crippen molar-refractivity contribution in [3.63, 3.8) is 0 Å². The summed E-state index contributed by atoms with van der Waals surface area (Å²) >= 11 is 6.18. The summed E-state index contributed by atoms with van der Waals surface area (Å²) in [5, 5.41) is 17.2. The molecule has 0 amide bonds. The highest BCUT2D eigenvalue weighted by Crippen LogP contribution is 2.07. The minimum Gasteiger partial charge on any atom is -0.424 e. The predicted octanol–water partition coefficient (Wildman–Crippen LogP) is 0.672. The molecule has 0 radical (unpaired) electrons. The van der Waals surface area contributed by atoms with E-state index < -0.39 is 7.12 Å². The van der Waals surface area contributed by atoms with Crippen molar-refractivity contribution in [1.29, 1.82) is 0 Å². The highest BCUT2D eigenvalue weighted by molar-refractivity contribution is 9.13. The van der Waals surface area contributed by atoms with Crippen LogP contribution >= 0.6 is 31.9 Å². The number of alkyl halides is 1. The average Bonchev–Trinajstić information content (AvgIpc) is 1.65. The molecule has 0 saturated heterocycles. The van der Waals surface area contributed by atoms with Gasteiger partial charge in [-0.1, -0.05) is 31.9 Å². The van der Waals surface area contributed by atoms with Gasteiger partial charge in [0.2, 0.25) is 0 Å². The summed E-state index contributed by atoms with van der Waals surface area (Å²) < 4.78 is 0.729. The number of rotatable bonds is 2. The molecule has 8 heavy (non-hydrogen) atoms. The summed E-state index contributed by atoms with van der Waals surface area (Å²) in [5.74, 6) is 1.29. The first-order valence-corrected chi connectivity index (χ1v) is 3.86. The first-order chi connectivity index (χ1) is 3.66. The molecular formula is C3H5BBr2O2. The quantitative estimate of drug-likeness (QED) is 0.553. The molecule has 2 nitrogen and oxygen atoms in total. The molecule has 0 aliphatic rings. The van der Waals surface area contributed by atoms with Crippen LogP contribution in [-0.4, -0.2) is 22.5 Å². The summed E-state index contributed by atoms with van der Waals surface area (Å²) in [5.41, 5.74) is 0. The third kappa shape index (κ3) is 4.83. The van der Waals surface area contributed by atoms with Gasteiger partial charge in [0.1, 0.15) is 0 Å². The Kier molecular flexibility index (Phi) is 4.94. The molecule has 0 saturated carbocycles. The maximum absolute atomic E-state index is 8.28. The van der Waals surface area contributed by atoms with Gasteiger partial charge in [0.25, 0.3) is 0 Å². The maximum Gasteiger partial charge on any atom is 0.481 e. The molecule has 46 valence electrons. The summed E-state index contributed by atoms with van der Waals surface area (Å²) in [7, 11) is -1.36. The number of allylic oxidation sites excluding steroid dienone is 1. The molecule has 5 heteroatoms. The van der Waals surface area contributed by atoms with Crippen molar-refractivity contribution >= 4 is 39.0 Å². The second kappa shape index (κ2) is 4.55. The van der Waals surface area contributed by atoms with Crippen LogP contribution in [0.25, 0.3) is 0 Å². The third-order valence-corrected chi connectivity index (χ3v) is 2.36. The predicted molar refractivity (Wildman–Crippen MR) is 41.0 cm³/mol. The van der Waals surface area contributed by atoms with Crippen molar-refractivity contribution < 1.29 is 10.0 Å². The molecule has 2 N–H and O–H groups in total. The summed E-state index contributed by atoms with van der Waals surface area (Å²) in [4.78, 5) is 0. The third-order valence-electron chi connectivity index (χ3n) is 0.458. The molecule has 0 aliphatic heterocycles. The lowest BCUT2D eigenvalue weighted by molar-refractivity contribution is 0.424.